The van der Waals surface area contributed by atoms with Crippen molar-refractivity contribution in [1.82, 2.24) is 14.9 Å². The van der Waals surface area contributed by atoms with E-state index < -0.39 is 17.6 Å². The van der Waals surface area contributed by atoms with E-state index in [0.717, 1.165) is 17.7 Å². The van der Waals surface area contributed by atoms with Crippen molar-refractivity contribution >= 4 is 40.8 Å². The third kappa shape index (κ3) is 5.37. The maximum Gasteiger partial charge on any atom is 0.416 e. The second-order valence-electron chi connectivity index (χ2n) is 10.0. The molecule has 210 valence electrons. The van der Waals surface area contributed by atoms with Crippen LogP contribution in [0, 0.1) is 6.92 Å². The van der Waals surface area contributed by atoms with Crippen LogP contribution < -0.4 is 25.8 Å². The Kier molecular flexibility index (Phi) is 7.00. The quantitative estimate of drug-likeness (QED) is 0.502. The first-order chi connectivity index (χ1) is 18.9. The predicted molar refractivity (Wildman–Crippen MR) is 147 cm³/mol. The van der Waals surface area contributed by atoms with Crippen LogP contribution in [0.1, 0.15) is 27.0 Å². The first-order valence-corrected chi connectivity index (χ1v) is 12.6. The molecule has 2 aliphatic rings. The van der Waals surface area contributed by atoms with Gasteiger partial charge in [0.05, 0.1) is 17.8 Å². The smallest absolute Gasteiger partial charge is 0.369 e. The van der Waals surface area contributed by atoms with Gasteiger partial charge < -0.3 is 20.9 Å². The van der Waals surface area contributed by atoms with Crippen LogP contribution in [0.3, 0.4) is 0 Å². The van der Waals surface area contributed by atoms with E-state index in [1.54, 1.807) is 31.4 Å². The van der Waals surface area contributed by atoms with Crippen LogP contribution in [0.2, 0.25) is 0 Å². The normalized spacial score (nSPS) is 16.2. The first-order valence-electron chi connectivity index (χ1n) is 12.6. The minimum Gasteiger partial charge on any atom is -0.369 e. The lowest BCUT2D eigenvalue weighted by Gasteiger charge is -2.35. The number of fused-ring (bicyclic) bond motifs is 1. The third-order valence-electron chi connectivity index (χ3n) is 7.16. The van der Waals surface area contributed by atoms with Crippen molar-refractivity contribution in [3.63, 3.8) is 0 Å². The van der Waals surface area contributed by atoms with E-state index in [-0.39, 0.29) is 24.1 Å². The Bertz CT molecular complexity index is 1470. The number of rotatable bonds is 4. The van der Waals surface area contributed by atoms with Gasteiger partial charge in [-0.2, -0.15) is 18.2 Å². The highest BCUT2D eigenvalue weighted by Crippen LogP contribution is 2.35. The fraction of sp³-hybridized carbons (Fsp3) is 0.333. The Hall–Kier alpha value is -4.39. The summed E-state index contributed by atoms with van der Waals surface area (Å²) in [5, 5.41) is 2.71. The van der Waals surface area contributed by atoms with E-state index in [1.165, 1.54) is 15.9 Å². The molecule has 13 heteroatoms. The Morgan fingerprint density at radius 2 is 1.77 bits per heavy atom. The Labute approximate surface area is 229 Å². The number of benzene rings is 2. The molecule has 2 aromatic carbocycles. The second kappa shape index (κ2) is 10.3. The molecule has 0 radical (unpaired) electrons. The highest BCUT2D eigenvalue weighted by Gasteiger charge is 2.33. The number of aromatic nitrogens is 2. The maximum atomic E-state index is 13.8. The molecule has 1 saturated heterocycles. The van der Waals surface area contributed by atoms with Gasteiger partial charge in [-0.3, -0.25) is 14.6 Å². The van der Waals surface area contributed by atoms with Gasteiger partial charge in [0.25, 0.3) is 5.91 Å². The number of amides is 3. The van der Waals surface area contributed by atoms with Crippen molar-refractivity contribution in [1.29, 1.82) is 0 Å². The summed E-state index contributed by atoms with van der Waals surface area (Å²) >= 11 is 0. The predicted octanol–water partition coefficient (Wildman–Crippen LogP) is 3.97. The lowest BCUT2D eigenvalue weighted by atomic mass is 10.1. The number of piperazine rings is 1. The molecule has 10 nitrogen and oxygen atoms in total. The molecule has 3 amide bonds. The average Bonchev–Trinajstić information content (AvgIpc) is 2.92. The lowest BCUT2D eigenvalue weighted by Crippen LogP contribution is -2.46. The average molecular weight is 555 g/mol. The summed E-state index contributed by atoms with van der Waals surface area (Å²) in [7, 11) is 3.53. The molecular formula is C27H29F3N8O2. The zero-order valence-electron chi connectivity index (χ0n) is 22.3. The van der Waals surface area contributed by atoms with Crippen molar-refractivity contribution < 1.29 is 22.8 Å². The molecule has 2 aliphatic heterocycles. The highest BCUT2D eigenvalue weighted by atomic mass is 19.4. The number of hydrogen-bond donors (Lipinski definition) is 2. The van der Waals surface area contributed by atoms with E-state index in [2.05, 4.69) is 20.2 Å². The van der Waals surface area contributed by atoms with Gasteiger partial charge in [0, 0.05) is 61.9 Å². The van der Waals surface area contributed by atoms with Crippen LogP contribution in [0.4, 0.5) is 46.8 Å². The number of carbonyl (C=O) groups excluding carboxylic acids is 2. The summed E-state index contributed by atoms with van der Waals surface area (Å²) < 4.78 is 41.3. The molecule has 0 spiro atoms. The van der Waals surface area contributed by atoms with Crippen LogP contribution in [0.25, 0.3) is 0 Å². The van der Waals surface area contributed by atoms with Crippen LogP contribution in [0.5, 0.6) is 0 Å². The number of likely N-dealkylation sites (N-methyl/N-ethyl adjacent to an activating group) is 1. The molecule has 3 heterocycles. The fourth-order valence-electron chi connectivity index (χ4n) is 4.85. The Balaban J connectivity index is 1.43. The molecule has 5 rings (SSSR count). The molecule has 3 aromatic rings. The monoisotopic (exact) mass is 554 g/mol. The number of aryl methyl sites for hydroxylation is 1. The van der Waals surface area contributed by atoms with E-state index in [4.69, 9.17) is 5.73 Å². The number of nitrogens with zero attached hydrogens (tertiary/aromatic N) is 6. The van der Waals surface area contributed by atoms with Crippen molar-refractivity contribution in [3.05, 3.63) is 64.8 Å². The molecule has 3 N–H and O–H groups in total. The summed E-state index contributed by atoms with van der Waals surface area (Å²) in [6.07, 6.45) is -3.06. The molecule has 0 unspecified atom stereocenters. The van der Waals surface area contributed by atoms with Gasteiger partial charge in [-0.05, 0) is 49.9 Å². The van der Waals surface area contributed by atoms with Crippen molar-refractivity contribution in [2.75, 3.05) is 66.0 Å². The molecule has 0 saturated carbocycles. The number of carbonyl (C=O) groups is 2. The standard InChI is InChI=1S/C27H29F3N8O2/c1-16-4-5-20(13-22(16)38-15-18-14-32-25(31)34-23(18)36(3)26(38)40)33-24(39)17-10-19(27(28,29)30)12-21(11-17)37-8-6-35(2)7-9-37/h4-5,10-14H,6-9,15H2,1-3H3,(H,33,39)(H2,31,32,34). The summed E-state index contributed by atoms with van der Waals surface area (Å²) in [6.45, 7) is 4.52. The zero-order valence-corrected chi connectivity index (χ0v) is 22.3. The number of hydrogen-bond acceptors (Lipinski definition) is 7. The largest absolute Gasteiger partial charge is 0.416 e. The highest BCUT2D eigenvalue weighted by molar-refractivity contribution is 6.07. The van der Waals surface area contributed by atoms with Gasteiger partial charge in [-0.25, -0.2) is 9.78 Å². The fourth-order valence-corrected chi connectivity index (χ4v) is 4.85. The first kappa shape index (κ1) is 27.2. The molecule has 0 aliphatic carbocycles. The van der Waals surface area contributed by atoms with Crippen LogP contribution in [-0.2, 0) is 12.7 Å². The molecule has 0 bridgehead atoms. The lowest BCUT2D eigenvalue weighted by molar-refractivity contribution is -0.137. The molecule has 0 atom stereocenters. The number of alkyl halides is 3. The topological polar surface area (TPSA) is 111 Å². The van der Waals surface area contributed by atoms with Gasteiger partial charge >= 0.3 is 12.2 Å². The van der Waals surface area contributed by atoms with Gasteiger partial charge in [0.1, 0.15) is 5.82 Å². The number of nitrogens with two attached hydrogens (primary N) is 1. The number of anilines is 5. The van der Waals surface area contributed by atoms with Crippen LogP contribution in [0.15, 0.2) is 42.6 Å². The summed E-state index contributed by atoms with van der Waals surface area (Å²) in [5.41, 5.74) is 7.34. The van der Waals surface area contributed by atoms with Crippen molar-refractivity contribution in [2.45, 2.75) is 19.6 Å². The molecular weight excluding hydrogens is 525 g/mol. The number of nitrogens with one attached hydrogen (secondary N) is 1. The number of urea groups is 1. The van der Waals surface area contributed by atoms with Gasteiger partial charge in [0.2, 0.25) is 5.95 Å². The number of nitrogen functional groups attached to an aromatic ring is 1. The summed E-state index contributed by atoms with van der Waals surface area (Å²) in [6, 6.07) is 8.06. The van der Waals surface area contributed by atoms with E-state index in [9.17, 15) is 22.8 Å². The van der Waals surface area contributed by atoms with Gasteiger partial charge in [0.15, 0.2) is 0 Å². The summed E-state index contributed by atoms with van der Waals surface area (Å²) in [5.74, 6) is -0.220. The van der Waals surface area contributed by atoms with Crippen LogP contribution >= 0.6 is 0 Å². The van der Waals surface area contributed by atoms with E-state index in [1.807, 2.05) is 18.9 Å². The second-order valence-corrected chi connectivity index (χ2v) is 10.0. The molecule has 1 fully saturated rings. The molecule has 1 aromatic heterocycles. The van der Waals surface area contributed by atoms with Gasteiger partial charge in [-0.1, -0.05) is 6.07 Å². The minimum atomic E-state index is -4.61. The summed E-state index contributed by atoms with van der Waals surface area (Å²) in [4.78, 5) is 41.4. The maximum absolute atomic E-state index is 13.8. The van der Waals surface area contributed by atoms with Crippen LogP contribution in [-0.4, -0.2) is 67.1 Å². The zero-order chi connectivity index (χ0) is 28.8. The molecule has 40 heavy (non-hydrogen) atoms. The van der Waals surface area contributed by atoms with E-state index in [0.29, 0.717) is 54.6 Å². The van der Waals surface area contributed by atoms with Crippen molar-refractivity contribution in [3.8, 4) is 0 Å². The van der Waals surface area contributed by atoms with Crippen molar-refractivity contribution in [2.24, 2.45) is 0 Å². The van der Waals surface area contributed by atoms with E-state index >= 15 is 0 Å². The Morgan fingerprint density at radius 1 is 1.05 bits per heavy atom. The number of halogens is 3. The Morgan fingerprint density at radius 3 is 2.48 bits per heavy atom. The van der Waals surface area contributed by atoms with Gasteiger partial charge in [-0.15, -0.1) is 0 Å². The third-order valence-corrected chi connectivity index (χ3v) is 7.16. The SMILES string of the molecule is Cc1ccc(NC(=O)c2cc(N3CCN(C)CC3)cc(C(F)(F)F)c2)cc1N1Cc2cnc(N)nc2N(C)C1=O. The minimum absolute atomic E-state index is 0.0538.